The molecule has 0 aromatic heterocycles. The summed E-state index contributed by atoms with van der Waals surface area (Å²) in [5.74, 6) is 0.0114. The maximum Gasteiger partial charge on any atom is 0.254 e. The Morgan fingerprint density at radius 1 is 0.919 bits per heavy atom. The van der Waals surface area contributed by atoms with Gasteiger partial charge < -0.3 is 19.9 Å². The van der Waals surface area contributed by atoms with Gasteiger partial charge in [-0.2, -0.15) is 0 Å². The average Bonchev–Trinajstić information content (AvgIpc) is 2.92. The first-order valence-corrected chi connectivity index (χ1v) is 13.9. The van der Waals surface area contributed by atoms with E-state index in [1.165, 1.54) is 25.7 Å². The smallest absolute Gasteiger partial charge is 0.254 e. The zero-order chi connectivity index (χ0) is 26.7. The van der Waals surface area contributed by atoms with Crippen LogP contribution in [0.15, 0.2) is 54.6 Å². The van der Waals surface area contributed by atoms with Gasteiger partial charge in [0, 0.05) is 40.2 Å². The Bertz CT molecular complexity index is 979. The molecule has 6 heteroatoms. The predicted molar refractivity (Wildman–Crippen MR) is 149 cm³/mol. The van der Waals surface area contributed by atoms with E-state index in [-0.39, 0.29) is 11.8 Å². The van der Waals surface area contributed by atoms with E-state index >= 15 is 0 Å². The van der Waals surface area contributed by atoms with Crippen LogP contribution in [0.5, 0.6) is 0 Å². The van der Waals surface area contributed by atoms with Gasteiger partial charge in [0.2, 0.25) is 5.91 Å². The van der Waals surface area contributed by atoms with Crippen molar-refractivity contribution in [3.05, 3.63) is 71.3 Å². The van der Waals surface area contributed by atoms with Crippen molar-refractivity contribution in [2.45, 2.75) is 76.9 Å². The molecule has 0 radical (unpaired) electrons. The molecule has 0 bridgehead atoms. The normalized spacial score (nSPS) is 20.1. The van der Waals surface area contributed by atoms with E-state index < -0.39 is 11.6 Å². The second kappa shape index (κ2) is 14.3. The number of unbranched alkanes of at least 4 members (excludes halogenated alkanes) is 5. The Balaban J connectivity index is 1.90. The Morgan fingerprint density at radius 3 is 2.27 bits per heavy atom. The van der Waals surface area contributed by atoms with Gasteiger partial charge >= 0.3 is 0 Å². The Kier molecular flexibility index (Phi) is 11.2. The molecule has 1 saturated heterocycles. The number of nitrogens with zero attached hydrogens (tertiary/aromatic N) is 2. The average molecular weight is 508 g/mol. The number of piperazine rings is 1. The number of nitrogens with one attached hydrogen (secondary N) is 1. The highest BCUT2D eigenvalue weighted by atomic mass is 16.5. The van der Waals surface area contributed by atoms with Gasteiger partial charge in [-0.15, -0.1) is 0 Å². The molecule has 1 aliphatic heterocycles. The Labute approximate surface area is 223 Å². The zero-order valence-corrected chi connectivity index (χ0v) is 23.2. The van der Waals surface area contributed by atoms with Crippen molar-refractivity contribution in [1.82, 2.24) is 15.1 Å². The summed E-state index contributed by atoms with van der Waals surface area (Å²) >= 11 is 0. The van der Waals surface area contributed by atoms with E-state index in [2.05, 4.69) is 24.4 Å². The van der Waals surface area contributed by atoms with Gasteiger partial charge in [0.15, 0.2) is 5.54 Å². The quantitative estimate of drug-likeness (QED) is 0.348. The number of benzene rings is 2. The number of carbonyl (C=O) groups is 2. The second-order valence-electron chi connectivity index (χ2n) is 10.2. The molecule has 37 heavy (non-hydrogen) atoms. The van der Waals surface area contributed by atoms with Gasteiger partial charge in [-0.25, -0.2) is 0 Å². The van der Waals surface area contributed by atoms with Crippen LogP contribution in [0.2, 0.25) is 0 Å². The molecule has 1 aliphatic rings. The maximum atomic E-state index is 14.4. The molecule has 2 aromatic rings. The van der Waals surface area contributed by atoms with Crippen molar-refractivity contribution in [3.8, 4) is 0 Å². The molecule has 2 amide bonds. The minimum absolute atomic E-state index is 0.00757. The minimum atomic E-state index is -1.07. The highest BCUT2D eigenvalue weighted by Crippen LogP contribution is 2.39. The summed E-state index contributed by atoms with van der Waals surface area (Å²) in [5, 5.41) is 3.37. The third kappa shape index (κ3) is 6.99. The number of likely N-dealkylation sites (N-methyl/N-ethyl adjacent to an activating group) is 1. The largest absolute Gasteiger partial charge is 0.383 e. The lowest BCUT2D eigenvalue weighted by Gasteiger charge is -2.51. The summed E-state index contributed by atoms with van der Waals surface area (Å²) < 4.78 is 5.11. The molecule has 0 saturated carbocycles. The monoisotopic (exact) mass is 507 g/mol. The molecule has 0 unspecified atom stereocenters. The zero-order valence-electron chi connectivity index (χ0n) is 23.2. The van der Waals surface area contributed by atoms with E-state index in [4.69, 9.17) is 4.74 Å². The van der Waals surface area contributed by atoms with Crippen molar-refractivity contribution in [1.29, 1.82) is 0 Å². The van der Waals surface area contributed by atoms with Crippen molar-refractivity contribution < 1.29 is 14.3 Å². The van der Waals surface area contributed by atoms with Crippen LogP contribution in [0.1, 0.15) is 69.1 Å². The summed E-state index contributed by atoms with van der Waals surface area (Å²) in [6.07, 6.45) is 7.31. The predicted octanol–water partition coefficient (Wildman–Crippen LogP) is 4.91. The molecule has 6 nitrogen and oxygen atoms in total. The fourth-order valence-electron chi connectivity index (χ4n) is 5.33. The number of hydrogen-bond donors (Lipinski definition) is 1. The third-order valence-electron chi connectivity index (χ3n) is 7.64. The van der Waals surface area contributed by atoms with E-state index in [0.717, 1.165) is 42.6 Å². The molecule has 2 aromatic carbocycles. The van der Waals surface area contributed by atoms with Crippen LogP contribution in [0.3, 0.4) is 0 Å². The molecule has 0 aliphatic carbocycles. The van der Waals surface area contributed by atoms with Crippen molar-refractivity contribution in [2.24, 2.45) is 0 Å². The summed E-state index contributed by atoms with van der Waals surface area (Å²) in [6.45, 7) is 6.86. The van der Waals surface area contributed by atoms with Gasteiger partial charge in [-0.3, -0.25) is 9.59 Å². The molecule has 0 spiro atoms. The summed E-state index contributed by atoms with van der Waals surface area (Å²) in [5.41, 5.74) is 1.95. The summed E-state index contributed by atoms with van der Waals surface area (Å²) in [6, 6.07) is 17.7. The van der Waals surface area contributed by atoms with Gasteiger partial charge in [0.05, 0.1) is 6.61 Å². The van der Waals surface area contributed by atoms with Crippen LogP contribution in [0.4, 0.5) is 0 Å². The van der Waals surface area contributed by atoms with Gasteiger partial charge in [-0.05, 0) is 30.0 Å². The van der Waals surface area contributed by atoms with E-state index in [9.17, 15) is 9.59 Å². The van der Waals surface area contributed by atoms with E-state index in [1.807, 2.05) is 54.3 Å². The first kappa shape index (κ1) is 28.9. The summed E-state index contributed by atoms with van der Waals surface area (Å²) in [7, 11) is 3.49. The Morgan fingerprint density at radius 2 is 1.59 bits per heavy atom. The number of hydrogen-bond acceptors (Lipinski definition) is 4. The lowest BCUT2D eigenvalue weighted by molar-refractivity contribution is -0.169. The lowest BCUT2D eigenvalue weighted by Crippen LogP contribution is -2.69. The summed E-state index contributed by atoms with van der Waals surface area (Å²) in [4.78, 5) is 31.6. The van der Waals surface area contributed by atoms with Gasteiger partial charge in [-0.1, -0.05) is 93.6 Å². The van der Waals surface area contributed by atoms with Gasteiger partial charge in [0.1, 0.15) is 6.04 Å². The molecule has 2 atom stereocenters. The van der Waals surface area contributed by atoms with Crippen molar-refractivity contribution >= 4 is 11.8 Å². The SMILES string of the molecule is CCCCCCCCN1C(=O)[C@](Cc2ccccc2)(c2ccc(CNCCOC)cc2)N(C)C(=O)[C@@H]1C. The lowest BCUT2D eigenvalue weighted by atomic mass is 9.78. The van der Waals surface area contributed by atoms with E-state index in [1.54, 1.807) is 19.1 Å². The molecule has 3 rings (SSSR count). The number of methoxy groups -OCH3 is 1. The maximum absolute atomic E-state index is 14.4. The standard InChI is InChI=1S/C31H45N3O3/c1-5-6-7-8-9-13-21-34-25(2)29(35)33(3)31(30(34)36,23-26-14-11-10-12-15-26)28-18-16-27(17-19-28)24-32-20-22-37-4/h10-12,14-19,25,32H,5-9,13,20-24H2,1-4H3/t25-,31-/m0/s1. The van der Waals surface area contributed by atoms with Crippen molar-refractivity contribution in [2.75, 3.05) is 33.9 Å². The van der Waals surface area contributed by atoms with Crippen molar-refractivity contribution in [3.63, 3.8) is 0 Å². The van der Waals surface area contributed by atoms with E-state index in [0.29, 0.717) is 19.6 Å². The number of rotatable bonds is 15. The molecule has 1 fully saturated rings. The minimum Gasteiger partial charge on any atom is -0.383 e. The second-order valence-corrected chi connectivity index (χ2v) is 10.2. The molecule has 1 heterocycles. The molecular weight excluding hydrogens is 462 g/mol. The van der Waals surface area contributed by atoms with Crippen LogP contribution in [0, 0.1) is 0 Å². The third-order valence-corrected chi connectivity index (χ3v) is 7.64. The topological polar surface area (TPSA) is 61.9 Å². The molecular formula is C31H45N3O3. The van der Waals surface area contributed by atoms with Crippen LogP contribution < -0.4 is 5.32 Å². The highest BCUT2D eigenvalue weighted by molar-refractivity contribution is 6.00. The van der Waals surface area contributed by atoms with Crippen LogP contribution >= 0.6 is 0 Å². The number of amides is 2. The van der Waals surface area contributed by atoms with Gasteiger partial charge in [0.25, 0.3) is 5.91 Å². The fraction of sp³-hybridized carbons (Fsp3) is 0.548. The fourth-order valence-corrected chi connectivity index (χ4v) is 5.33. The Hall–Kier alpha value is -2.70. The number of carbonyl (C=O) groups excluding carboxylic acids is 2. The van der Waals surface area contributed by atoms with Crippen LogP contribution in [-0.2, 0) is 32.8 Å². The first-order chi connectivity index (χ1) is 18.0. The number of ether oxygens (including phenoxy) is 1. The van der Waals surface area contributed by atoms with Crippen LogP contribution in [0.25, 0.3) is 0 Å². The molecule has 202 valence electrons. The highest BCUT2D eigenvalue weighted by Gasteiger charge is 2.54. The molecule has 1 N–H and O–H groups in total. The first-order valence-electron chi connectivity index (χ1n) is 13.9. The van der Waals surface area contributed by atoms with Crippen LogP contribution in [-0.4, -0.2) is 61.5 Å².